The average Bonchev–Trinajstić information content (AvgIpc) is 2.61. The summed E-state index contributed by atoms with van der Waals surface area (Å²) in [6, 6.07) is 8.75. The highest BCUT2D eigenvalue weighted by Gasteiger charge is 2.11. The van der Waals surface area contributed by atoms with E-state index in [1.54, 1.807) is 50.7 Å². The summed E-state index contributed by atoms with van der Waals surface area (Å²) in [4.78, 5) is 4.14. The number of aromatic nitrogens is 1. The number of hydrogen-bond acceptors (Lipinski definition) is 6. The van der Waals surface area contributed by atoms with Gasteiger partial charge in [0.1, 0.15) is 17.3 Å². The summed E-state index contributed by atoms with van der Waals surface area (Å²) in [6.45, 7) is 1.95. The van der Waals surface area contributed by atoms with Gasteiger partial charge in [0.15, 0.2) is 0 Å². The molecule has 1 heterocycles. The summed E-state index contributed by atoms with van der Waals surface area (Å²) >= 11 is 0. The summed E-state index contributed by atoms with van der Waals surface area (Å²) in [5.74, 6) is 1.73. The summed E-state index contributed by atoms with van der Waals surface area (Å²) < 4.78 is 36.8. The molecular formula is C17H23N3O4S. The molecule has 1 aromatic carbocycles. The molecule has 0 saturated carbocycles. The van der Waals surface area contributed by atoms with Crippen molar-refractivity contribution in [2.75, 3.05) is 30.0 Å². The first-order valence-electron chi connectivity index (χ1n) is 7.93. The normalized spacial score (nSPS) is 11.0. The Labute approximate surface area is 148 Å². The van der Waals surface area contributed by atoms with Gasteiger partial charge >= 0.3 is 0 Å². The van der Waals surface area contributed by atoms with Gasteiger partial charge in [0.2, 0.25) is 10.0 Å². The van der Waals surface area contributed by atoms with Gasteiger partial charge in [0.05, 0.1) is 37.5 Å². The van der Waals surface area contributed by atoms with Crippen LogP contribution in [0, 0.1) is 0 Å². The molecule has 2 aromatic rings. The lowest BCUT2D eigenvalue weighted by Gasteiger charge is -2.13. The molecule has 0 radical (unpaired) electrons. The Morgan fingerprint density at radius 1 is 1.12 bits per heavy atom. The van der Waals surface area contributed by atoms with Crippen molar-refractivity contribution in [2.24, 2.45) is 0 Å². The molecule has 2 rings (SSSR count). The van der Waals surface area contributed by atoms with Gasteiger partial charge in [-0.15, -0.1) is 0 Å². The van der Waals surface area contributed by atoms with Gasteiger partial charge in [-0.25, -0.2) is 13.4 Å². The summed E-state index contributed by atoms with van der Waals surface area (Å²) in [6.07, 6.45) is 2.99. The van der Waals surface area contributed by atoms with Crippen molar-refractivity contribution in [3.8, 4) is 11.5 Å². The van der Waals surface area contributed by atoms with Gasteiger partial charge in [-0.3, -0.25) is 4.72 Å². The second-order valence-corrected chi connectivity index (χ2v) is 7.24. The van der Waals surface area contributed by atoms with Crippen LogP contribution in [0.4, 0.5) is 17.2 Å². The maximum atomic E-state index is 11.9. The lowest BCUT2D eigenvalue weighted by Crippen LogP contribution is -2.17. The fourth-order valence-corrected chi connectivity index (χ4v) is 3.35. The van der Waals surface area contributed by atoms with E-state index in [2.05, 4.69) is 15.0 Å². The van der Waals surface area contributed by atoms with Gasteiger partial charge in [-0.05, 0) is 30.7 Å². The van der Waals surface area contributed by atoms with Crippen molar-refractivity contribution >= 4 is 27.2 Å². The third kappa shape index (κ3) is 5.53. The average molecular weight is 365 g/mol. The maximum Gasteiger partial charge on any atom is 0.233 e. The number of methoxy groups -OCH3 is 2. The Hall–Kier alpha value is -2.48. The molecule has 0 saturated heterocycles. The highest BCUT2D eigenvalue weighted by atomic mass is 32.2. The Morgan fingerprint density at radius 2 is 1.92 bits per heavy atom. The van der Waals surface area contributed by atoms with Crippen molar-refractivity contribution < 1.29 is 17.9 Å². The van der Waals surface area contributed by atoms with Crippen LogP contribution in [0.25, 0.3) is 0 Å². The number of nitrogens with zero attached hydrogens (tertiary/aromatic N) is 1. The van der Waals surface area contributed by atoms with E-state index < -0.39 is 10.0 Å². The zero-order valence-corrected chi connectivity index (χ0v) is 15.4. The number of rotatable bonds is 9. The Bertz CT molecular complexity index is 792. The van der Waals surface area contributed by atoms with E-state index in [4.69, 9.17) is 9.47 Å². The molecular weight excluding hydrogens is 342 g/mol. The van der Waals surface area contributed by atoms with Crippen molar-refractivity contribution in [2.45, 2.75) is 19.8 Å². The third-order valence-corrected chi connectivity index (χ3v) is 4.82. The predicted molar refractivity (Wildman–Crippen MR) is 99.4 cm³/mol. The summed E-state index contributed by atoms with van der Waals surface area (Å²) in [5, 5.41) is 3.18. The lowest BCUT2D eigenvalue weighted by atomic mass is 10.2. The molecule has 136 valence electrons. The van der Waals surface area contributed by atoms with E-state index in [1.165, 1.54) is 0 Å². The van der Waals surface area contributed by atoms with Crippen molar-refractivity contribution in [3.63, 3.8) is 0 Å². The summed E-state index contributed by atoms with van der Waals surface area (Å²) in [7, 11) is -0.185. The second-order valence-electron chi connectivity index (χ2n) is 5.40. The minimum Gasteiger partial charge on any atom is -0.497 e. The van der Waals surface area contributed by atoms with Crippen LogP contribution >= 0.6 is 0 Å². The molecule has 25 heavy (non-hydrogen) atoms. The molecule has 0 amide bonds. The van der Waals surface area contributed by atoms with Gasteiger partial charge in [-0.1, -0.05) is 13.3 Å². The Morgan fingerprint density at radius 3 is 2.52 bits per heavy atom. The quantitative estimate of drug-likeness (QED) is 0.708. The molecule has 1 aromatic heterocycles. The van der Waals surface area contributed by atoms with Crippen LogP contribution in [0.5, 0.6) is 11.5 Å². The fraction of sp³-hybridized carbons (Fsp3) is 0.353. The molecule has 0 bridgehead atoms. The van der Waals surface area contributed by atoms with Crippen molar-refractivity contribution in [1.82, 2.24) is 4.98 Å². The molecule has 0 fully saturated rings. The summed E-state index contributed by atoms with van der Waals surface area (Å²) in [5.41, 5.74) is 1.42. The number of unbranched alkanes of at least 4 members (excludes halogenated alkanes) is 1. The van der Waals surface area contributed by atoms with Crippen LogP contribution in [0.3, 0.4) is 0 Å². The van der Waals surface area contributed by atoms with Crippen LogP contribution in [0.15, 0.2) is 36.5 Å². The predicted octanol–water partition coefficient (Wildman–Crippen LogP) is 3.38. The number of pyridine rings is 1. The van der Waals surface area contributed by atoms with Gasteiger partial charge in [0, 0.05) is 6.07 Å². The molecule has 0 spiro atoms. The van der Waals surface area contributed by atoms with Crippen LogP contribution in [0.2, 0.25) is 0 Å². The first-order chi connectivity index (χ1) is 12.0. The fourth-order valence-electron chi connectivity index (χ4n) is 2.14. The Kier molecular flexibility index (Phi) is 6.46. The maximum absolute atomic E-state index is 11.9. The van der Waals surface area contributed by atoms with Gasteiger partial charge in [0.25, 0.3) is 0 Å². The van der Waals surface area contributed by atoms with Gasteiger partial charge < -0.3 is 14.8 Å². The second kappa shape index (κ2) is 8.57. The zero-order valence-electron chi connectivity index (χ0n) is 14.6. The van der Waals surface area contributed by atoms with Crippen LogP contribution in [0.1, 0.15) is 19.8 Å². The molecule has 0 unspecified atom stereocenters. The SMILES string of the molecule is CCCCS(=O)(=O)Nc1ccc(Nc2cc(OC)ccc2OC)cn1. The minimum atomic E-state index is -3.36. The molecule has 8 heteroatoms. The van der Waals surface area contributed by atoms with E-state index >= 15 is 0 Å². The minimum absolute atomic E-state index is 0.0895. The molecule has 7 nitrogen and oxygen atoms in total. The number of hydrogen-bond donors (Lipinski definition) is 2. The van der Waals surface area contributed by atoms with E-state index in [1.807, 2.05) is 6.92 Å². The smallest absolute Gasteiger partial charge is 0.233 e. The third-order valence-electron chi connectivity index (χ3n) is 3.48. The monoisotopic (exact) mass is 365 g/mol. The van der Waals surface area contributed by atoms with E-state index in [9.17, 15) is 8.42 Å². The van der Waals surface area contributed by atoms with Crippen LogP contribution in [-0.2, 0) is 10.0 Å². The standard InChI is InChI=1S/C17H23N3O4S/c1-4-5-10-25(21,22)20-17-9-6-13(12-18-17)19-15-11-14(23-2)7-8-16(15)24-3/h6-9,11-12,19H,4-5,10H2,1-3H3,(H,18,20). The van der Waals surface area contributed by atoms with E-state index in [0.29, 0.717) is 29.4 Å². The van der Waals surface area contributed by atoms with Crippen LogP contribution in [-0.4, -0.2) is 33.4 Å². The number of ether oxygens (including phenoxy) is 2. The van der Waals surface area contributed by atoms with E-state index in [0.717, 1.165) is 12.1 Å². The van der Waals surface area contributed by atoms with E-state index in [-0.39, 0.29) is 5.75 Å². The first kappa shape index (κ1) is 18.9. The molecule has 0 aliphatic rings. The first-order valence-corrected chi connectivity index (χ1v) is 9.58. The highest BCUT2D eigenvalue weighted by molar-refractivity contribution is 7.92. The Balaban J connectivity index is 2.10. The molecule has 2 N–H and O–H groups in total. The van der Waals surface area contributed by atoms with Crippen molar-refractivity contribution in [1.29, 1.82) is 0 Å². The highest BCUT2D eigenvalue weighted by Crippen LogP contribution is 2.31. The van der Waals surface area contributed by atoms with Gasteiger partial charge in [-0.2, -0.15) is 0 Å². The van der Waals surface area contributed by atoms with Crippen molar-refractivity contribution in [3.05, 3.63) is 36.5 Å². The number of nitrogens with one attached hydrogen (secondary N) is 2. The molecule has 0 atom stereocenters. The largest absolute Gasteiger partial charge is 0.497 e. The lowest BCUT2D eigenvalue weighted by molar-refractivity contribution is 0.405. The molecule has 0 aliphatic heterocycles. The topological polar surface area (TPSA) is 89.6 Å². The number of benzene rings is 1. The number of anilines is 3. The zero-order chi connectivity index (χ0) is 18.3. The number of sulfonamides is 1. The van der Waals surface area contributed by atoms with Crippen LogP contribution < -0.4 is 19.5 Å². The molecule has 0 aliphatic carbocycles.